The molecule has 2 aromatic carbocycles. The molecule has 20 heavy (non-hydrogen) atoms. The molecule has 0 bridgehead atoms. The molecule has 1 N–H and O–H groups in total. The second-order valence-electron chi connectivity index (χ2n) is 4.08. The van der Waals surface area contributed by atoms with E-state index < -0.39 is 10.7 Å². The van der Waals surface area contributed by atoms with Crippen molar-refractivity contribution >= 4 is 11.4 Å². The highest BCUT2D eigenvalue weighted by Gasteiger charge is 2.05. The molecule has 2 rings (SSSR count). The fourth-order valence-corrected chi connectivity index (χ4v) is 1.66. The van der Waals surface area contributed by atoms with Gasteiger partial charge in [0.2, 0.25) is 0 Å². The molecule has 0 amide bonds. The van der Waals surface area contributed by atoms with Crippen LogP contribution in [-0.2, 0) is 6.54 Å². The van der Waals surface area contributed by atoms with Gasteiger partial charge in [-0.2, -0.15) is 5.26 Å². The van der Waals surface area contributed by atoms with Crippen LogP contribution in [0.1, 0.15) is 11.1 Å². The number of benzene rings is 2. The standard InChI is InChI=1S/C14H10FN3O2/c15-13-7-11(8-16)3-6-14(13)17-9-10-1-4-12(5-2-10)18(19)20/h1-7,17H,9H2. The number of rotatable bonds is 4. The molecule has 0 saturated heterocycles. The zero-order chi connectivity index (χ0) is 14.5. The fourth-order valence-electron chi connectivity index (χ4n) is 1.66. The minimum atomic E-state index is -0.508. The number of halogens is 1. The molecule has 100 valence electrons. The van der Waals surface area contributed by atoms with Crippen molar-refractivity contribution in [2.24, 2.45) is 0 Å². The van der Waals surface area contributed by atoms with E-state index in [4.69, 9.17) is 5.26 Å². The third-order valence-electron chi connectivity index (χ3n) is 2.73. The second kappa shape index (κ2) is 5.80. The van der Waals surface area contributed by atoms with Crippen molar-refractivity contribution in [1.29, 1.82) is 5.26 Å². The van der Waals surface area contributed by atoms with E-state index in [2.05, 4.69) is 5.32 Å². The smallest absolute Gasteiger partial charge is 0.269 e. The lowest BCUT2D eigenvalue weighted by atomic mass is 10.2. The number of anilines is 1. The van der Waals surface area contributed by atoms with E-state index in [0.717, 1.165) is 11.6 Å². The van der Waals surface area contributed by atoms with E-state index in [0.29, 0.717) is 6.54 Å². The van der Waals surface area contributed by atoms with Gasteiger partial charge in [-0.3, -0.25) is 10.1 Å². The maximum Gasteiger partial charge on any atom is 0.269 e. The maximum atomic E-state index is 13.6. The minimum Gasteiger partial charge on any atom is -0.379 e. The van der Waals surface area contributed by atoms with Crippen molar-refractivity contribution in [2.75, 3.05) is 5.32 Å². The third-order valence-corrected chi connectivity index (χ3v) is 2.73. The van der Waals surface area contributed by atoms with Gasteiger partial charge in [-0.05, 0) is 23.8 Å². The van der Waals surface area contributed by atoms with Gasteiger partial charge < -0.3 is 5.32 Å². The van der Waals surface area contributed by atoms with Gasteiger partial charge in [0.05, 0.1) is 22.2 Å². The molecule has 0 aliphatic rings. The second-order valence-corrected chi connectivity index (χ2v) is 4.08. The predicted molar refractivity (Wildman–Crippen MR) is 71.5 cm³/mol. The highest BCUT2D eigenvalue weighted by atomic mass is 19.1. The van der Waals surface area contributed by atoms with Crippen LogP contribution in [0.2, 0.25) is 0 Å². The number of nitro groups is 1. The van der Waals surface area contributed by atoms with E-state index in [1.54, 1.807) is 12.1 Å². The lowest BCUT2D eigenvalue weighted by molar-refractivity contribution is -0.384. The lowest BCUT2D eigenvalue weighted by Gasteiger charge is -2.07. The van der Waals surface area contributed by atoms with E-state index in [1.807, 2.05) is 6.07 Å². The average Bonchev–Trinajstić information content (AvgIpc) is 2.46. The van der Waals surface area contributed by atoms with Gasteiger partial charge in [-0.1, -0.05) is 12.1 Å². The summed E-state index contributed by atoms with van der Waals surface area (Å²) in [5, 5.41) is 22.0. The summed E-state index contributed by atoms with van der Waals surface area (Å²) in [7, 11) is 0. The fraction of sp³-hybridized carbons (Fsp3) is 0.0714. The number of nitrogens with zero attached hydrogens (tertiary/aromatic N) is 2. The molecule has 0 radical (unpaired) electrons. The van der Waals surface area contributed by atoms with Crippen molar-refractivity contribution in [3.8, 4) is 6.07 Å². The summed E-state index contributed by atoms with van der Waals surface area (Å²) >= 11 is 0. The van der Waals surface area contributed by atoms with Gasteiger partial charge in [0.15, 0.2) is 0 Å². The molecular formula is C14H10FN3O2. The first-order valence-electron chi connectivity index (χ1n) is 5.77. The number of nitrogens with one attached hydrogen (secondary N) is 1. The first-order chi connectivity index (χ1) is 9.60. The van der Waals surface area contributed by atoms with Gasteiger partial charge >= 0.3 is 0 Å². The molecule has 6 heteroatoms. The summed E-state index contributed by atoms with van der Waals surface area (Å²) in [6, 6.07) is 12.0. The third kappa shape index (κ3) is 3.09. The van der Waals surface area contributed by atoms with Crippen LogP contribution in [0.4, 0.5) is 15.8 Å². The highest BCUT2D eigenvalue weighted by molar-refractivity contribution is 5.49. The van der Waals surface area contributed by atoms with Crippen LogP contribution < -0.4 is 5.32 Å². The first kappa shape index (κ1) is 13.5. The van der Waals surface area contributed by atoms with Gasteiger partial charge in [0, 0.05) is 18.7 Å². The van der Waals surface area contributed by atoms with Gasteiger partial charge in [-0.15, -0.1) is 0 Å². The van der Waals surface area contributed by atoms with Crippen LogP contribution in [0.3, 0.4) is 0 Å². The van der Waals surface area contributed by atoms with Crippen LogP contribution in [0.5, 0.6) is 0 Å². The quantitative estimate of drug-likeness (QED) is 0.684. The Morgan fingerprint density at radius 2 is 1.95 bits per heavy atom. The molecular weight excluding hydrogens is 261 g/mol. The van der Waals surface area contributed by atoms with Gasteiger partial charge in [0.25, 0.3) is 5.69 Å². The number of hydrogen-bond acceptors (Lipinski definition) is 4. The van der Waals surface area contributed by atoms with Crippen LogP contribution in [0, 0.1) is 27.3 Å². The summed E-state index contributed by atoms with van der Waals surface area (Å²) < 4.78 is 13.6. The summed E-state index contributed by atoms with van der Waals surface area (Å²) in [6.45, 7) is 0.334. The monoisotopic (exact) mass is 271 g/mol. The van der Waals surface area contributed by atoms with Crippen LogP contribution >= 0.6 is 0 Å². The van der Waals surface area contributed by atoms with Crippen LogP contribution in [0.15, 0.2) is 42.5 Å². The van der Waals surface area contributed by atoms with Crippen molar-refractivity contribution in [3.63, 3.8) is 0 Å². The van der Waals surface area contributed by atoms with Crippen LogP contribution in [0.25, 0.3) is 0 Å². The molecule has 0 aliphatic carbocycles. The Morgan fingerprint density at radius 3 is 2.50 bits per heavy atom. The Balaban J connectivity index is 2.05. The summed E-state index contributed by atoms with van der Waals surface area (Å²) in [6.07, 6.45) is 0. The summed E-state index contributed by atoms with van der Waals surface area (Å²) in [5.74, 6) is -0.508. The SMILES string of the molecule is N#Cc1ccc(NCc2ccc([N+](=O)[O-])cc2)c(F)c1. The molecule has 0 heterocycles. The average molecular weight is 271 g/mol. The van der Waals surface area contributed by atoms with Crippen molar-refractivity contribution < 1.29 is 9.31 Å². The molecule has 0 unspecified atom stereocenters. The highest BCUT2D eigenvalue weighted by Crippen LogP contribution is 2.17. The van der Waals surface area contributed by atoms with E-state index in [1.165, 1.54) is 24.3 Å². The Kier molecular flexibility index (Phi) is 3.91. The summed E-state index contributed by atoms with van der Waals surface area (Å²) in [5.41, 5.74) is 1.34. The first-order valence-corrected chi connectivity index (χ1v) is 5.77. The van der Waals surface area contributed by atoms with Crippen molar-refractivity contribution in [3.05, 3.63) is 69.5 Å². The van der Waals surface area contributed by atoms with E-state index >= 15 is 0 Å². The lowest BCUT2D eigenvalue weighted by Crippen LogP contribution is -2.01. The molecule has 5 nitrogen and oxygen atoms in total. The van der Waals surface area contributed by atoms with E-state index in [9.17, 15) is 14.5 Å². The number of nitro benzene ring substituents is 1. The maximum absolute atomic E-state index is 13.6. The number of nitriles is 1. The van der Waals surface area contributed by atoms with E-state index in [-0.39, 0.29) is 16.9 Å². The predicted octanol–water partition coefficient (Wildman–Crippen LogP) is 3.22. The molecule has 0 atom stereocenters. The molecule has 2 aromatic rings. The Bertz CT molecular complexity index is 678. The molecule has 0 fully saturated rings. The molecule has 0 aliphatic heterocycles. The minimum absolute atomic E-state index is 0.0123. The van der Waals surface area contributed by atoms with Crippen molar-refractivity contribution in [2.45, 2.75) is 6.54 Å². The summed E-state index contributed by atoms with van der Waals surface area (Å²) in [4.78, 5) is 10.0. The zero-order valence-corrected chi connectivity index (χ0v) is 10.3. The molecule has 0 aromatic heterocycles. The van der Waals surface area contributed by atoms with Crippen molar-refractivity contribution in [1.82, 2.24) is 0 Å². The Hall–Kier alpha value is -2.94. The van der Waals surface area contributed by atoms with Crippen LogP contribution in [-0.4, -0.2) is 4.92 Å². The topological polar surface area (TPSA) is 79.0 Å². The zero-order valence-electron chi connectivity index (χ0n) is 10.3. The normalized spacial score (nSPS) is 9.80. The largest absolute Gasteiger partial charge is 0.379 e. The molecule has 0 spiro atoms. The number of non-ortho nitro benzene ring substituents is 1. The van der Waals surface area contributed by atoms with Gasteiger partial charge in [-0.25, -0.2) is 4.39 Å². The molecule has 0 saturated carbocycles. The Morgan fingerprint density at radius 1 is 1.25 bits per heavy atom. The number of hydrogen-bond donors (Lipinski definition) is 1. The Labute approximate surface area is 114 Å². The van der Waals surface area contributed by atoms with Gasteiger partial charge in [0.1, 0.15) is 5.82 Å².